The molecule has 0 N–H and O–H groups in total. The summed E-state index contributed by atoms with van der Waals surface area (Å²) in [4.78, 5) is 16.6. The Morgan fingerprint density at radius 3 is 2.36 bits per heavy atom. The van der Waals surface area contributed by atoms with Gasteiger partial charge in [-0.1, -0.05) is 15.9 Å². The van der Waals surface area contributed by atoms with E-state index in [4.69, 9.17) is 4.42 Å². The van der Waals surface area contributed by atoms with Gasteiger partial charge >= 0.3 is 0 Å². The average Bonchev–Trinajstić information content (AvgIpc) is 3.03. The normalized spacial score (nSPS) is 16.2. The molecule has 0 bridgehead atoms. The molecule has 2 aromatic rings. The molecule has 0 atom stereocenters. The highest BCUT2D eigenvalue weighted by Crippen LogP contribution is 2.21. The summed E-state index contributed by atoms with van der Waals surface area (Å²) in [6.07, 6.45) is 0. The number of amides is 1. The number of sulfone groups is 1. The second-order valence-corrected chi connectivity index (χ2v) is 8.98. The van der Waals surface area contributed by atoms with Crippen molar-refractivity contribution < 1.29 is 17.6 Å². The van der Waals surface area contributed by atoms with Gasteiger partial charge in [0, 0.05) is 30.7 Å². The van der Waals surface area contributed by atoms with Gasteiger partial charge in [-0.3, -0.25) is 4.79 Å². The Hall–Kier alpha value is -1.64. The van der Waals surface area contributed by atoms with E-state index >= 15 is 0 Å². The zero-order chi connectivity index (χ0) is 18.0. The van der Waals surface area contributed by atoms with Crippen LogP contribution in [0, 0.1) is 0 Å². The third-order valence-corrected chi connectivity index (χ3v) is 6.35. The van der Waals surface area contributed by atoms with Gasteiger partial charge in [-0.05, 0) is 43.4 Å². The van der Waals surface area contributed by atoms with Crippen LogP contribution in [0.25, 0.3) is 0 Å². The van der Waals surface area contributed by atoms with Gasteiger partial charge in [0.05, 0.1) is 4.90 Å². The van der Waals surface area contributed by atoms with Crippen molar-refractivity contribution in [3.8, 4) is 0 Å². The molecule has 1 aromatic heterocycles. The lowest BCUT2D eigenvalue weighted by molar-refractivity contribution is 0.0631. The number of benzene rings is 1. The van der Waals surface area contributed by atoms with Crippen LogP contribution in [0.15, 0.2) is 50.2 Å². The van der Waals surface area contributed by atoms with Crippen LogP contribution < -0.4 is 0 Å². The van der Waals surface area contributed by atoms with Gasteiger partial charge in [-0.25, -0.2) is 8.42 Å². The first-order chi connectivity index (χ1) is 11.8. The van der Waals surface area contributed by atoms with Gasteiger partial charge in [-0.15, -0.1) is 0 Å². The van der Waals surface area contributed by atoms with Crippen LogP contribution in [-0.2, 0) is 15.6 Å². The maximum absolute atomic E-state index is 12.5. The third kappa shape index (κ3) is 4.31. The van der Waals surface area contributed by atoms with Crippen molar-refractivity contribution in [2.24, 2.45) is 0 Å². The minimum absolute atomic E-state index is 0.186. The Kier molecular flexibility index (Phi) is 5.31. The summed E-state index contributed by atoms with van der Waals surface area (Å²) >= 11 is 3.28. The highest BCUT2D eigenvalue weighted by atomic mass is 79.9. The Bertz CT molecular complexity index is 853. The molecule has 1 aliphatic heterocycles. The highest BCUT2D eigenvalue weighted by molar-refractivity contribution is 9.10. The lowest BCUT2D eigenvalue weighted by Crippen LogP contribution is -2.47. The number of carbonyl (C=O) groups is 1. The van der Waals surface area contributed by atoms with E-state index in [2.05, 4.69) is 20.8 Å². The highest BCUT2D eigenvalue weighted by Gasteiger charge is 2.24. The molecule has 3 rings (SSSR count). The third-order valence-electron chi connectivity index (χ3n) is 4.17. The minimum atomic E-state index is -3.52. The van der Waals surface area contributed by atoms with Gasteiger partial charge in [0.15, 0.2) is 15.6 Å². The Labute approximate surface area is 155 Å². The predicted octanol–water partition coefficient (Wildman–Crippen LogP) is 2.40. The number of hydrogen-bond acceptors (Lipinski definition) is 5. The van der Waals surface area contributed by atoms with E-state index in [0.29, 0.717) is 13.1 Å². The first kappa shape index (κ1) is 18.2. The first-order valence-corrected chi connectivity index (χ1v) is 10.3. The smallest absolute Gasteiger partial charge is 0.289 e. The molecular formula is C17H19BrN2O4S. The molecule has 0 saturated carbocycles. The second kappa shape index (κ2) is 7.31. The SMILES string of the molecule is CN1CCN(C(=O)c2ccc(CS(=O)(=O)c3ccc(Br)cc3)o2)CC1. The molecule has 0 radical (unpaired) electrons. The van der Waals surface area contributed by atoms with Crippen molar-refractivity contribution in [1.29, 1.82) is 0 Å². The monoisotopic (exact) mass is 426 g/mol. The van der Waals surface area contributed by atoms with E-state index < -0.39 is 9.84 Å². The lowest BCUT2D eigenvalue weighted by atomic mass is 10.3. The molecular weight excluding hydrogens is 408 g/mol. The van der Waals surface area contributed by atoms with Gasteiger partial charge in [0.2, 0.25) is 0 Å². The van der Waals surface area contributed by atoms with E-state index in [1.54, 1.807) is 41.3 Å². The van der Waals surface area contributed by atoms with E-state index in [1.807, 2.05) is 7.05 Å². The summed E-state index contributed by atoms with van der Waals surface area (Å²) in [5.74, 6) is -0.0173. The van der Waals surface area contributed by atoms with Crippen molar-refractivity contribution in [3.05, 3.63) is 52.4 Å². The molecule has 8 heteroatoms. The van der Waals surface area contributed by atoms with E-state index in [9.17, 15) is 13.2 Å². The molecule has 134 valence electrons. The van der Waals surface area contributed by atoms with Gasteiger partial charge in [0.25, 0.3) is 5.91 Å². The minimum Gasteiger partial charge on any atom is -0.455 e. The van der Waals surface area contributed by atoms with E-state index in [-0.39, 0.29) is 28.1 Å². The molecule has 1 amide bonds. The molecule has 1 saturated heterocycles. The summed E-state index contributed by atoms with van der Waals surface area (Å²) in [7, 11) is -1.51. The molecule has 6 nitrogen and oxygen atoms in total. The number of piperazine rings is 1. The first-order valence-electron chi connectivity index (χ1n) is 7.90. The number of hydrogen-bond donors (Lipinski definition) is 0. The largest absolute Gasteiger partial charge is 0.455 e. The number of likely N-dealkylation sites (N-methyl/N-ethyl adjacent to an activating group) is 1. The Morgan fingerprint density at radius 2 is 1.72 bits per heavy atom. The zero-order valence-electron chi connectivity index (χ0n) is 13.8. The van der Waals surface area contributed by atoms with Gasteiger partial charge in [-0.2, -0.15) is 0 Å². The average molecular weight is 427 g/mol. The lowest BCUT2D eigenvalue weighted by Gasteiger charge is -2.31. The Balaban J connectivity index is 1.71. The van der Waals surface area contributed by atoms with Crippen LogP contribution in [0.2, 0.25) is 0 Å². The van der Waals surface area contributed by atoms with Crippen LogP contribution in [0.4, 0.5) is 0 Å². The molecule has 2 heterocycles. The van der Waals surface area contributed by atoms with Crippen LogP contribution in [-0.4, -0.2) is 57.4 Å². The summed E-state index contributed by atoms with van der Waals surface area (Å²) in [5, 5.41) is 0. The van der Waals surface area contributed by atoms with Crippen molar-refractivity contribution in [2.75, 3.05) is 33.2 Å². The summed E-state index contributed by atoms with van der Waals surface area (Å²) in [6, 6.07) is 9.54. The molecule has 1 aromatic carbocycles. The summed E-state index contributed by atoms with van der Waals surface area (Å²) in [5.41, 5.74) is 0. The zero-order valence-corrected chi connectivity index (χ0v) is 16.2. The number of nitrogens with zero attached hydrogens (tertiary/aromatic N) is 2. The number of rotatable bonds is 4. The number of carbonyl (C=O) groups excluding carboxylic acids is 1. The maximum atomic E-state index is 12.5. The molecule has 25 heavy (non-hydrogen) atoms. The standard InChI is InChI=1S/C17H19BrN2O4S/c1-19-8-10-20(11-9-19)17(21)16-7-4-14(24-16)12-25(22,23)15-5-2-13(18)3-6-15/h2-7H,8-12H2,1H3. The molecule has 0 spiro atoms. The van der Waals surface area contributed by atoms with Crippen LogP contribution >= 0.6 is 15.9 Å². The van der Waals surface area contributed by atoms with Crippen molar-refractivity contribution in [2.45, 2.75) is 10.6 Å². The predicted molar refractivity (Wildman–Crippen MR) is 97.1 cm³/mol. The number of halogens is 1. The number of furan rings is 1. The topological polar surface area (TPSA) is 70.8 Å². The van der Waals surface area contributed by atoms with Crippen molar-refractivity contribution in [3.63, 3.8) is 0 Å². The molecule has 1 aliphatic rings. The summed E-state index contributed by atoms with van der Waals surface area (Å²) in [6.45, 7) is 2.92. The molecule has 0 unspecified atom stereocenters. The van der Waals surface area contributed by atoms with E-state index in [0.717, 1.165) is 17.6 Å². The van der Waals surface area contributed by atoms with Crippen molar-refractivity contribution >= 4 is 31.7 Å². The quantitative estimate of drug-likeness (QED) is 0.750. The summed E-state index contributed by atoms with van der Waals surface area (Å²) < 4.78 is 31.2. The fourth-order valence-corrected chi connectivity index (χ4v) is 4.16. The fraction of sp³-hybridized carbons (Fsp3) is 0.353. The Morgan fingerprint density at radius 1 is 1.08 bits per heavy atom. The van der Waals surface area contributed by atoms with E-state index in [1.165, 1.54) is 0 Å². The maximum Gasteiger partial charge on any atom is 0.289 e. The molecule has 0 aliphatic carbocycles. The fourth-order valence-electron chi connectivity index (χ4n) is 2.65. The molecule has 1 fully saturated rings. The van der Waals surface area contributed by atoms with Crippen LogP contribution in [0.1, 0.15) is 16.3 Å². The van der Waals surface area contributed by atoms with Crippen LogP contribution in [0.3, 0.4) is 0 Å². The van der Waals surface area contributed by atoms with Crippen LogP contribution in [0.5, 0.6) is 0 Å². The van der Waals surface area contributed by atoms with Gasteiger partial charge < -0.3 is 14.2 Å². The van der Waals surface area contributed by atoms with Gasteiger partial charge in [0.1, 0.15) is 11.5 Å². The van der Waals surface area contributed by atoms with Crippen molar-refractivity contribution in [1.82, 2.24) is 9.80 Å². The second-order valence-electron chi connectivity index (χ2n) is 6.07.